The zero-order valence-corrected chi connectivity index (χ0v) is 12.3. The zero-order valence-electron chi connectivity index (χ0n) is 10.8. The second-order valence-corrected chi connectivity index (χ2v) is 5.80. The van der Waals surface area contributed by atoms with E-state index in [1.165, 1.54) is 0 Å². The van der Waals surface area contributed by atoms with E-state index in [1.807, 2.05) is 0 Å². The average molecular weight is 332 g/mol. The number of nitrogens with zero attached hydrogens (tertiary/aromatic N) is 1. The van der Waals surface area contributed by atoms with Gasteiger partial charge in [0.05, 0.1) is 0 Å². The summed E-state index contributed by atoms with van der Waals surface area (Å²) in [6.45, 7) is 3.27. The van der Waals surface area contributed by atoms with Gasteiger partial charge in [0.25, 0.3) is 5.91 Å². The van der Waals surface area contributed by atoms with Crippen LogP contribution in [-0.4, -0.2) is 23.9 Å². The molecule has 1 aromatic rings. The van der Waals surface area contributed by atoms with E-state index in [4.69, 9.17) is 0 Å². The molecule has 1 heterocycles. The van der Waals surface area contributed by atoms with Gasteiger partial charge in [0.1, 0.15) is 17.2 Å². The topological polar surface area (TPSA) is 20.3 Å². The Morgan fingerprint density at radius 2 is 1.84 bits per heavy atom. The quantitative estimate of drug-likeness (QED) is 0.802. The molecule has 0 unspecified atom stereocenters. The molecule has 104 valence electrons. The Hall–Kier alpha value is -0.970. The molecule has 0 aromatic heterocycles. The van der Waals surface area contributed by atoms with Gasteiger partial charge in [0.2, 0.25) is 0 Å². The molecule has 1 amide bonds. The maximum absolute atomic E-state index is 13.7. The molecular formula is C14H16BrF2NO. The first-order valence-corrected chi connectivity index (χ1v) is 7.26. The van der Waals surface area contributed by atoms with E-state index in [2.05, 4.69) is 22.9 Å². The highest BCUT2D eigenvalue weighted by Crippen LogP contribution is 2.24. The van der Waals surface area contributed by atoms with Crippen molar-refractivity contribution in [3.8, 4) is 0 Å². The van der Waals surface area contributed by atoms with Crippen molar-refractivity contribution in [1.29, 1.82) is 0 Å². The summed E-state index contributed by atoms with van der Waals surface area (Å²) in [5.74, 6) is -1.55. The van der Waals surface area contributed by atoms with Gasteiger partial charge < -0.3 is 4.90 Å². The minimum Gasteiger partial charge on any atom is -0.338 e. The summed E-state index contributed by atoms with van der Waals surface area (Å²) in [5.41, 5.74) is -0.446. The molecule has 5 heteroatoms. The third-order valence-electron chi connectivity index (χ3n) is 3.70. The van der Waals surface area contributed by atoms with Crippen LogP contribution < -0.4 is 0 Å². The smallest absolute Gasteiger partial charge is 0.259 e. The molecule has 1 aromatic carbocycles. The molecule has 0 radical (unpaired) electrons. The van der Waals surface area contributed by atoms with Gasteiger partial charge in [0.15, 0.2) is 0 Å². The SMILES string of the molecule is CCC1CCN(C(=O)c2c(F)cc(Br)cc2F)CC1. The van der Waals surface area contributed by atoms with Crippen LogP contribution in [0, 0.1) is 17.6 Å². The Bertz CT molecular complexity index is 461. The van der Waals surface area contributed by atoms with Crippen LogP contribution >= 0.6 is 15.9 Å². The Balaban J connectivity index is 2.17. The molecule has 0 N–H and O–H groups in total. The number of hydrogen-bond acceptors (Lipinski definition) is 1. The second kappa shape index (κ2) is 5.99. The van der Waals surface area contributed by atoms with Crippen molar-refractivity contribution in [3.05, 3.63) is 33.8 Å². The highest BCUT2D eigenvalue weighted by atomic mass is 79.9. The third kappa shape index (κ3) is 3.14. The molecule has 0 spiro atoms. The summed E-state index contributed by atoms with van der Waals surface area (Å²) in [6, 6.07) is 2.24. The van der Waals surface area contributed by atoms with Gasteiger partial charge in [0, 0.05) is 17.6 Å². The van der Waals surface area contributed by atoms with E-state index < -0.39 is 23.1 Å². The van der Waals surface area contributed by atoms with Crippen molar-refractivity contribution in [2.45, 2.75) is 26.2 Å². The number of benzene rings is 1. The predicted octanol–water partition coefficient (Wildman–Crippen LogP) is 3.99. The van der Waals surface area contributed by atoms with Crippen LogP contribution in [0.5, 0.6) is 0 Å². The summed E-state index contributed by atoms with van der Waals surface area (Å²) in [7, 11) is 0. The fraction of sp³-hybridized carbons (Fsp3) is 0.500. The van der Waals surface area contributed by atoms with Crippen LogP contribution in [0.1, 0.15) is 36.5 Å². The van der Waals surface area contributed by atoms with Crippen molar-refractivity contribution in [3.63, 3.8) is 0 Å². The monoisotopic (exact) mass is 331 g/mol. The molecule has 0 aliphatic carbocycles. The summed E-state index contributed by atoms with van der Waals surface area (Å²) in [6.07, 6.45) is 2.90. The van der Waals surface area contributed by atoms with Crippen LogP contribution in [0.2, 0.25) is 0 Å². The van der Waals surface area contributed by atoms with Gasteiger partial charge >= 0.3 is 0 Å². The van der Waals surface area contributed by atoms with E-state index in [-0.39, 0.29) is 0 Å². The standard InChI is InChI=1S/C14H16BrF2NO/c1-2-9-3-5-18(6-4-9)14(19)13-11(16)7-10(15)8-12(13)17/h7-9H,2-6H2,1H3. The fourth-order valence-corrected chi connectivity index (χ4v) is 2.85. The van der Waals surface area contributed by atoms with Gasteiger partial charge in [-0.2, -0.15) is 0 Å². The largest absolute Gasteiger partial charge is 0.338 e. The van der Waals surface area contributed by atoms with Crippen molar-refractivity contribution < 1.29 is 13.6 Å². The average Bonchev–Trinajstić information content (AvgIpc) is 2.37. The van der Waals surface area contributed by atoms with Gasteiger partial charge in [-0.3, -0.25) is 4.79 Å². The molecule has 1 aliphatic heterocycles. The van der Waals surface area contributed by atoms with E-state index in [0.717, 1.165) is 31.4 Å². The number of carbonyl (C=O) groups excluding carboxylic acids is 1. The predicted molar refractivity (Wildman–Crippen MR) is 73.0 cm³/mol. The number of carbonyl (C=O) groups is 1. The lowest BCUT2D eigenvalue weighted by Gasteiger charge is -2.31. The highest BCUT2D eigenvalue weighted by Gasteiger charge is 2.27. The zero-order chi connectivity index (χ0) is 14.0. The molecule has 19 heavy (non-hydrogen) atoms. The summed E-state index contributed by atoms with van der Waals surface area (Å²) < 4.78 is 27.8. The number of halogens is 3. The Labute approximate surface area is 119 Å². The van der Waals surface area contributed by atoms with Gasteiger partial charge in [-0.1, -0.05) is 29.3 Å². The second-order valence-electron chi connectivity index (χ2n) is 4.89. The Morgan fingerprint density at radius 1 is 1.32 bits per heavy atom. The van der Waals surface area contributed by atoms with Gasteiger partial charge in [-0.05, 0) is 30.9 Å². The first-order chi connectivity index (χ1) is 9.02. The molecule has 0 bridgehead atoms. The van der Waals surface area contributed by atoms with E-state index >= 15 is 0 Å². The maximum Gasteiger partial charge on any atom is 0.259 e. The van der Waals surface area contributed by atoms with Gasteiger partial charge in [-0.15, -0.1) is 0 Å². The van der Waals surface area contributed by atoms with E-state index in [0.29, 0.717) is 23.5 Å². The number of amides is 1. The highest BCUT2D eigenvalue weighted by molar-refractivity contribution is 9.10. The number of piperidine rings is 1. The van der Waals surface area contributed by atoms with Crippen LogP contribution in [0.25, 0.3) is 0 Å². The molecule has 1 aliphatic rings. The molecule has 1 saturated heterocycles. The van der Waals surface area contributed by atoms with Crippen molar-refractivity contribution >= 4 is 21.8 Å². The maximum atomic E-state index is 13.7. The first-order valence-electron chi connectivity index (χ1n) is 6.46. The summed E-state index contributed by atoms with van der Waals surface area (Å²) in [5, 5.41) is 0. The van der Waals surface area contributed by atoms with Crippen LogP contribution in [0.3, 0.4) is 0 Å². The molecular weight excluding hydrogens is 316 g/mol. The molecule has 1 fully saturated rings. The minimum atomic E-state index is -0.811. The minimum absolute atomic E-state index is 0.295. The van der Waals surface area contributed by atoms with E-state index in [1.54, 1.807) is 4.90 Å². The third-order valence-corrected chi connectivity index (χ3v) is 4.16. The molecule has 0 saturated carbocycles. The number of rotatable bonds is 2. The van der Waals surface area contributed by atoms with Crippen molar-refractivity contribution in [1.82, 2.24) is 4.90 Å². The van der Waals surface area contributed by atoms with Crippen LogP contribution in [0.15, 0.2) is 16.6 Å². The van der Waals surface area contributed by atoms with Crippen molar-refractivity contribution in [2.75, 3.05) is 13.1 Å². The number of hydrogen-bond donors (Lipinski definition) is 0. The lowest BCUT2D eigenvalue weighted by molar-refractivity contribution is 0.0679. The fourth-order valence-electron chi connectivity index (χ4n) is 2.45. The van der Waals surface area contributed by atoms with E-state index in [9.17, 15) is 13.6 Å². The molecule has 0 atom stereocenters. The summed E-state index contributed by atoms with van der Waals surface area (Å²) in [4.78, 5) is 13.7. The lowest BCUT2D eigenvalue weighted by Crippen LogP contribution is -2.39. The number of likely N-dealkylation sites (tertiary alicyclic amines) is 1. The van der Waals surface area contributed by atoms with Gasteiger partial charge in [-0.25, -0.2) is 8.78 Å². The molecule has 2 nitrogen and oxygen atoms in total. The Morgan fingerprint density at radius 3 is 2.32 bits per heavy atom. The lowest BCUT2D eigenvalue weighted by atomic mass is 9.94. The van der Waals surface area contributed by atoms with Crippen molar-refractivity contribution in [2.24, 2.45) is 5.92 Å². The first kappa shape index (κ1) is 14.4. The summed E-state index contributed by atoms with van der Waals surface area (Å²) >= 11 is 3.00. The van der Waals surface area contributed by atoms with Crippen LogP contribution in [-0.2, 0) is 0 Å². The normalized spacial score (nSPS) is 16.7. The van der Waals surface area contributed by atoms with Crippen LogP contribution in [0.4, 0.5) is 8.78 Å². The molecule has 2 rings (SSSR count). The Kier molecular flexibility index (Phi) is 4.55.